The molecule has 0 saturated carbocycles. The Morgan fingerprint density at radius 2 is 1.42 bits per heavy atom. The summed E-state index contributed by atoms with van der Waals surface area (Å²) in [6.45, 7) is 0. The van der Waals surface area contributed by atoms with Gasteiger partial charge in [-0.3, -0.25) is 9.36 Å². The molecule has 2 aliphatic heterocycles. The molecule has 182 valence electrons. The first-order chi connectivity index (χ1) is 18.7. The van der Waals surface area contributed by atoms with Crippen LogP contribution in [0.4, 0.5) is 0 Å². The van der Waals surface area contributed by atoms with Gasteiger partial charge in [0.15, 0.2) is 0 Å². The highest BCUT2D eigenvalue weighted by Gasteiger charge is 2.29. The van der Waals surface area contributed by atoms with Crippen molar-refractivity contribution >= 4 is 21.7 Å². The maximum absolute atomic E-state index is 13.9. The first kappa shape index (κ1) is 22.1. The zero-order valence-corrected chi connectivity index (χ0v) is 20.6. The third-order valence-electron chi connectivity index (χ3n) is 6.98. The Kier molecular flexibility index (Phi) is 5.08. The Morgan fingerprint density at radius 1 is 0.711 bits per heavy atom. The van der Waals surface area contributed by atoms with Crippen molar-refractivity contribution in [3.63, 3.8) is 0 Å². The highest BCUT2D eigenvalue weighted by molar-refractivity contribution is 6.04. The molecule has 2 aliphatic rings. The summed E-state index contributed by atoms with van der Waals surface area (Å²) < 4.78 is 13.5. The number of pyridine rings is 1. The number of hydrogen-bond acceptors (Lipinski definition) is 4. The molecule has 0 saturated heterocycles. The van der Waals surface area contributed by atoms with Crippen molar-refractivity contribution in [3.8, 4) is 45.3 Å². The minimum absolute atomic E-state index is 0.0936. The number of benzene rings is 4. The number of ether oxygens (including phenoxy) is 1. The molecule has 7 rings (SSSR count). The lowest BCUT2D eigenvalue weighted by Crippen LogP contribution is -2.18. The van der Waals surface area contributed by atoms with Gasteiger partial charge in [0.25, 0.3) is 5.56 Å². The summed E-state index contributed by atoms with van der Waals surface area (Å²) in [5, 5.41) is 2.39. The van der Waals surface area contributed by atoms with Crippen molar-refractivity contribution in [2.45, 2.75) is 0 Å². The summed E-state index contributed by atoms with van der Waals surface area (Å²) in [5.74, 6) is 1.24. The topological polar surface area (TPSA) is 57.3 Å². The van der Waals surface area contributed by atoms with Crippen LogP contribution in [-0.4, -0.2) is 16.7 Å². The lowest BCUT2D eigenvalue weighted by atomic mass is 9.95. The van der Waals surface area contributed by atoms with Crippen LogP contribution in [0, 0.1) is 0 Å². The van der Waals surface area contributed by atoms with E-state index in [-0.39, 0.29) is 5.56 Å². The van der Waals surface area contributed by atoms with Crippen LogP contribution in [0.1, 0.15) is 0 Å². The van der Waals surface area contributed by atoms with Crippen LogP contribution < -0.4 is 10.3 Å². The number of fused-ring (bicyclic) bond motifs is 3. The molecule has 0 unspecified atom stereocenters. The van der Waals surface area contributed by atoms with E-state index in [0.717, 1.165) is 50.2 Å². The summed E-state index contributed by atoms with van der Waals surface area (Å²) in [4.78, 5) is 18.9. The van der Waals surface area contributed by atoms with Crippen molar-refractivity contribution in [2.75, 3.05) is 7.11 Å². The van der Waals surface area contributed by atoms with E-state index in [4.69, 9.17) is 14.1 Å². The van der Waals surface area contributed by atoms with E-state index in [1.54, 1.807) is 11.7 Å². The molecule has 3 heterocycles. The van der Waals surface area contributed by atoms with Crippen molar-refractivity contribution in [3.05, 3.63) is 126 Å². The Morgan fingerprint density at radius 3 is 2.21 bits per heavy atom. The van der Waals surface area contributed by atoms with Crippen molar-refractivity contribution in [1.29, 1.82) is 0 Å². The van der Waals surface area contributed by atoms with E-state index in [9.17, 15) is 4.79 Å². The third-order valence-corrected chi connectivity index (χ3v) is 6.98. The molecule has 0 atom stereocenters. The molecule has 0 aliphatic carbocycles. The van der Waals surface area contributed by atoms with Crippen molar-refractivity contribution in [1.82, 2.24) is 9.55 Å². The lowest BCUT2D eigenvalue weighted by Gasteiger charge is -2.16. The van der Waals surface area contributed by atoms with E-state index >= 15 is 0 Å². The van der Waals surface area contributed by atoms with Crippen molar-refractivity contribution < 1.29 is 9.15 Å². The second-order valence-electron chi connectivity index (χ2n) is 9.14. The predicted molar refractivity (Wildman–Crippen MR) is 151 cm³/mol. The van der Waals surface area contributed by atoms with Crippen molar-refractivity contribution in [2.24, 2.45) is 0 Å². The second-order valence-corrected chi connectivity index (χ2v) is 9.14. The second kappa shape index (κ2) is 8.75. The number of methoxy groups -OCH3 is 1. The quantitative estimate of drug-likeness (QED) is 0.253. The van der Waals surface area contributed by atoms with Crippen LogP contribution in [0.25, 0.3) is 61.3 Å². The largest absolute Gasteiger partial charge is 0.497 e. The third kappa shape index (κ3) is 3.40. The van der Waals surface area contributed by atoms with Gasteiger partial charge in [-0.15, -0.1) is 0 Å². The summed E-state index contributed by atoms with van der Waals surface area (Å²) in [5.41, 5.74) is 5.71. The maximum atomic E-state index is 13.9. The molecule has 5 heteroatoms. The number of nitrogens with zero attached hydrogens (tertiary/aromatic N) is 2. The van der Waals surface area contributed by atoms with E-state index in [1.165, 1.54) is 0 Å². The zero-order valence-electron chi connectivity index (χ0n) is 20.6. The number of para-hydroxylation sites is 1. The average Bonchev–Trinajstić information content (AvgIpc) is 3.36. The van der Waals surface area contributed by atoms with E-state index in [2.05, 4.69) is 0 Å². The lowest BCUT2D eigenvalue weighted by molar-refractivity contribution is 0.415. The monoisotopic (exact) mass is 494 g/mol. The van der Waals surface area contributed by atoms with Crippen LogP contribution in [0.2, 0.25) is 0 Å². The molecule has 1 aromatic heterocycles. The van der Waals surface area contributed by atoms with Crippen LogP contribution in [0.3, 0.4) is 0 Å². The fourth-order valence-corrected chi connectivity index (χ4v) is 5.18. The molecule has 38 heavy (non-hydrogen) atoms. The highest BCUT2D eigenvalue weighted by atomic mass is 16.5. The van der Waals surface area contributed by atoms with Gasteiger partial charge < -0.3 is 9.15 Å². The molecule has 5 nitrogen and oxygen atoms in total. The molecule has 0 radical (unpaired) electrons. The number of aromatic nitrogens is 2. The van der Waals surface area contributed by atoms with Crippen LogP contribution >= 0.6 is 0 Å². The average molecular weight is 495 g/mol. The summed E-state index contributed by atoms with van der Waals surface area (Å²) in [7, 11) is 1.65. The normalized spacial score (nSPS) is 11.4. The minimum Gasteiger partial charge on any atom is -0.497 e. The van der Waals surface area contributed by atoms with Gasteiger partial charge in [0.1, 0.15) is 11.3 Å². The van der Waals surface area contributed by atoms with Gasteiger partial charge in [-0.25, -0.2) is 4.98 Å². The summed E-state index contributed by atoms with van der Waals surface area (Å²) in [6.07, 6.45) is 1.85. The Bertz CT molecular complexity index is 1970. The Balaban J connectivity index is 1.66. The molecule has 0 fully saturated rings. The zero-order chi connectivity index (χ0) is 25.6. The predicted octanol–water partition coefficient (Wildman–Crippen LogP) is 7.58. The first-order valence-corrected chi connectivity index (χ1v) is 12.4. The van der Waals surface area contributed by atoms with Gasteiger partial charge in [0.05, 0.1) is 24.1 Å². The van der Waals surface area contributed by atoms with Crippen LogP contribution in [0.5, 0.6) is 5.75 Å². The van der Waals surface area contributed by atoms with E-state index in [1.807, 2.05) is 115 Å². The molecular weight excluding hydrogens is 472 g/mol. The SMILES string of the molecule is COc1ccc(-c2c(-c3ccccc3)nc3oc4ccccc4c(-n4ccc5ccccc5c4=O)c2-3)cc1. The molecule has 0 amide bonds. The summed E-state index contributed by atoms with van der Waals surface area (Å²) in [6, 6.07) is 35.4. The molecule has 4 aromatic carbocycles. The van der Waals surface area contributed by atoms with Gasteiger partial charge in [-0.2, -0.15) is 0 Å². The summed E-state index contributed by atoms with van der Waals surface area (Å²) >= 11 is 0. The number of rotatable bonds is 4. The molecular formula is C33H22N2O3. The van der Waals surface area contributed by atoms with Gasteiger partial charge in [-0.05, 0) is 47.3 Å². The molecule has 0 bridgehead atoms. The van der Waals surface area contributed by atoms with Gasteiger partial charge in [-0.1, -0.05) is 72.8 Å². The fraction of sp³-hybridized carbons (Fsp3) is 0.0303. The van der Waals surface area contributed by atoms with Gasteiger partial charge in [0.2, 0.25) is 5.89 Å². The van der Waals surface area contributed by atoms with Crippen LogP contribution in [0.15, 0.2) is 125 Å². The Hall–Kier alpha value is -5.16. The molecule has 0 spiro atoms. The van der Waals surface area contributed by atoms with Crippen LogP contribution in [-0.2, 0) is 0 Å². The maximum Gasteiger partial charge on any atom is 0.262 e. The smallest absolute Gasteiger partial charge is 0.262 e. The fourth-order valence-electron chi connectivity index (χ4n) is 5.18. The first-order valence-electron chi connectivity index (χ1n) is 12.4. The standard InChI is InChI=1S/C33H22N2O3/c1-37-24-17-15-22(16-18-24)28-29-31(35-20-19-21-9-5-6-12-25(21)33(35)36)26-13-7-8-14-27(26)38-32(29)34-30(28)23-10-3-2-4-11-23/h2-20H,1H3. The molecule has 5 aromatic rings. The van der Waals surface area contributed by atoms with Gasteiger partial charge >= 0.3 is 0 Å². The highest BCUT2D eigenvalue weighted by Crippen LogP contribution is 2.47. The van der Waals surface area contributed by atoms with E-state index in [0.29, 0.717) is 16.9 Å². The molecule has 0 N–H and O–H groups in total. The van der Waals surface area contributed by atoms with Gasteiger partial charge in [0, 0.05) is 28.1 Å². The number of hydrogen-bond donors (Lipinski definition) is 0. The van der Waals surface area contributed by atoms with E-state index < -0.39 is 0 Å². The Labute approximate surface area is 218 Å². The minimum atomic E-state index is -0.0936.